The van der Waals surface area contributed by atoms with Gasteiger partial charge >= 0.3 is 0 Å². The van der Waals surface area contributed by atoms with E-state index in [0.717, 1.165) is 22.5 Å². The first-order valence-electron chi connectivity index (χ1n) is 8.52. The molecule has 0 spiro atoms. The third-order valence-electron chi connectivity index (χ3n) is 4.67. The van der Waals surface area contributed by atoms with E-state index < -0.39 is 0 Å². The van der Waals surface area contributed by atoms with E-state index in [9.17, 15) is 9.18 Å². The van der Waals surface area contributed by atoms with Gasteiger partial charge in [0.25, 0.3) is 5.91 Å². The van der Waals surface area contributed by atoms with Crippen molar-refractivity contribution in [3.8, 4) is 11.4 Å². The number of amides is 1. The zero-order chi connectivity index (χ0) is 18.1. The number of benzene rings is 1. The molecule has 0 aliphatic carbocycles. The summed E-state index contributed by atoms with van der Waals surface area (Å²) < 4.78 is 13.2. The van der Waals surface area contributed by atoms with Crippen LogP contribution in [0.25, 0.3) is 11.4 Å². The molecule has 0 saturated carbocycles. The Labute approximate surface area is 150 Å². The molecule has 0 radical (unpaired) electrons. The Kier molecular flexibility index (Phi) is 4.20. The third kappa shape index (κ3) is 3.08. The van der Waals surface area contributed by atoms with E-state index in [1.165, 1.54) is 24.7 Å². The van der Waals surface area contributed by atoms with E-state index in [1.54, 1.807) is 12.1 Å². The minimum atomic E-state index is -0.284. The number of nitrogens with one attached hydrogen (secondary N) is 1. The summed E-state index contributed by atoms with van der Waals surface area (Å²) in [5.74, 6) is 0.252. The average Bonchev–Trinajstić information content (AvgIpc) is 3.09. The van der Waals surface area contributed by atoms with Crippen LogP contribution in [0.1, 0.15) is 27.4 Å². The van der Waals surface area contributed by atoms with Crippen molar-refractivity contribution in [1.29, 1.82) is 0 Å². The molecule has 0 unspecified atom stereocenters. The van der Waals surface area contributed by atoms with E-state index in [2.05, 4.69) is 15.0 Å². The number of hydrogen-bond acceptors (Lipinski definition) is 4. The lowest BCUT2D eigenvalue weighted by molar-refractivity contribution is 0.0757. The Hall–Kier alpha value is -3.09. The fraction of sp³-hybridized carbons (Fsp3) is 0.263. The SMILES string of the molecule is Cc1nc(-c2ccc(F)cc2)nc2c1CCN(C(=O)c1cnc[nH]1)CC2. The molecule has 7 heteroatoms. The Morgan fingerprint density at radius 1 is 1.15 bits per heavy atom. The Balaban J connectivity index is 1.61. The first kappa shape index (κ1) is 16.4. The molecule has 6 nitrogen and oxygen atoms in total. The first-order chi connectivity index (χ1) is 12.6. The molecule has 1 aromatic carbocycles. The summed E-state index contributed by atoms with van der Waals surface area (Å²) in [6.45, 7) is 3.16. The number of H-pyrrole nitrogens is 1. The Morgan fingerprint density at radius 2 is 1.92 bits per heavy atom. The predicted octanol–water partition coefficient (Wildman–Crippen LogP) is 2.56. The summed E-state index contributed by atoms with van der Waals surface area (Å²) in [6.07, 6.45) is 4.42. The second kappa shape index (κ2) is 6.67. The first-order valence-corrected chi connectivity index (χ1v) is 8.52. The topological polar surface area (TPSA) is 74.8 Å². The highest BCUT2D eigenvalue weighted by Crippen LogP contribution is 2.23. The van der Waals surface area contributed by atoms with Crippen LogP contribution in [0, 0.1) is 12.7 Å². The van der Waals surface area contributed by atoms with Gasteiger partial charge in [-0.05, 0) is 43.2 Å². The van der Waals surface area contributed by atoms with Crippen LogP contribution in [0.3, 0.4) is 0 Å². The van der Waals surface area contributed by atoms with E-state index in [0.29, 0.717) is 37.4 Å². The van der Waals surface area contributed by atoms with Crippen LogP contribution in [-0.4, -0.2) is 43.8 Å². The van der Waals surface area contributed by atoms with Gasteiger partial charge in [0.1, 0.15) is 11.5 Å². The molecule has 26 heavy (non-hydrogen) atoms. The smallest absolute Gasteiger partial charge is 0.271 e. The zero-order valence-corrected chi connectivity index (χ0v) is 14.4. The molecular formula is C19H18FN5O. The number of fused-ring (bicyclic) bond motifs is 1. The number of carbonyl (C=O) groups excluding carboxylic acids is 1. The quantitative estimate of drug-likeness (QED) is 0.770. The molecule has 0 bridgehead atoms. The van der Waals surface area contributed by atoms with Crippen LogP contribution in [0.15, 0.2) is 36.8 Å². The highest BCUT2D eigenvalue weighted by atomic mass is 19.1. The number of nitrogens with zero attached hydrogens (tertiary/aromatic N) is 4. The van der Waals surface area contributed by atoms with Gasteiger partial charge in [0.2, 0.25) is 0 Å². The largest absolute Gasteiger partial charge is 0.341 e. The molecule has 3 heterocycles. The van der Waals surface area contributed by atoms with Crippen molar-refractivity contribution in [1.82, 2.24) is 24.8 Å². The van der Waals surface area contributed by atoms with Crippen molar-refractivity contribution in [2.75, 3.05) is 13.1 Å². The van der Waals surface area contributed by atoms with Gasteiger partial charge < -0.3 is 9.88 Å². The lowest BCUT2D eigenvalue weighted by Crippen LogP contribution is -2.33. The third-order valence-corrected chi connectivity index (χ3v) is 4.67. The lowest BCUT2D eigenvalue weighted by atomic mass is 10.1. The van der Waals surface area contributed by atoms with Crippen molar-refractivity contribution in [3.63, 3.8) is 0 Å². The number of halogens is 1. The van der Waals surface area contributed by atoms with Crippen molar-refractivity contribution in [2.24, 2.45) is 0 Å². The van der Waals surface area contributed by atoms with Gasteiger partial charge in [-0.2, -0.15) is 0 Å². The normalized spacial score (nSPS) is 14.0. The number of hydrogen-bond donors (Lipinski definition) is 1. The zero-order valence-electron chi connectivity index (χ0n) is 14.4. The number of aryl methyl sites for hydroxylation is 1. The summed E-state index contributed by atoms with van der Waals surface area (Å²) >= 11 is 0. The summed E-state index contributed by atoms with van der Waals surface area (Å²) in [6, 6.07) is 6.18. The maximum atomic E-state index is 13.2. The highest BCUT2D eigenvalue weighted by Gasteiger charge is 2.23. The molecular weight excluding hydrogens is 333 g/mol. The van der Waals surface area contributed by atoms with Crippen LogP contribution in [0.2, 0.25) is 0 Å². The Morgan fingerprint density at radius 3 is 2.65 bits per heavy atom. The summed E-state index contributed by atoms with van der Waals surface area (Å²) in [5.41, 5.74) is 4.23. The summed E-state index contributed by atoms with van der Waals surface area (Å²) in [5, 5.41) is 0. The van der Waals surface area contributed by atoms with Crippen molar-refractivity contribution >= 4 is 5.91 Å². The minimum Gasteiger partial charge on any atom is -0.341 e. The molecule has 1 N–H and O–H groups in total. The molecule has 0 atom stereocenters. The average molecular weight is 351 g/mol. The van der Waals surface area contributed by atoms with Crippen molar-refractivity contribution in [2.45, 2.75) is 19.8 Å². The summed E-state index contributed by atoms with van der Waals surface area (Å²) in [4.78, 5) is 30.4. The van der Waals surface area contributed by atoms with Crippen LogP contribution >= 0.6 is 0 Å². The van der Waals surface area contributed by atoms with Crippen LogP contribution in [-0.2, 0) is 12.8 Å². The standard InChI is InChI=1S/C19H18FN5O/c1-12-15-6-8-25(19(26)17-10-21-11-22-17)9-7-16(15)24-18(23-12)13-2-4-14(20)5-3-13/h2-5,10-11H,6-9H2,1H3,(H,21,22). The van der Waals surface area contributed by atoms with Gasteiger partial charge in [-0.1, -0.05) is 0 Å². The van der Waals surface area contributed by atoms with Gasteiger partial charge in [0.05, 0.1) is 12.5 Å². The van der Waals surface area contributed by atoms with Crippen LogP contribution < -0.4 is 0 Å². The molecule has 132 valence electrons. The maximum Gasteiger partial charge on any atom is 0.271 e. The second-order valence-electron chi connectivity index (χ2n) is 6.32. The van der Waals surface area contributed by atoms with Crippen LogP contribution in [0.4, 0.5) is 4.39 Å². The fourth-order valence-corrected chi connectivity index (χ4v) is 3.26. The van der Waals surface area contributed by atoms with Crippen LogP contribution in [0.5, 0.6) is 0 Å². The van der Waals surface area contributed by atoms with Gasteiger partial charge in [-0.15, -0.1) is 0 Å². The monoisotopic (exact) mass is 351 g/mol. The van der Waals surface area contributed by atoms with Crippen molar-refractivity contribution < 1.29 is 9.18 Å². The highest BCUT2D eigenvalue weighted by molar-refractivity contribution is 5.92. The van der Waals surface area contributed by atoms with Gasteiger partial charge in [0, 0.05) is 36.5 Å². The minimum absolute atomic E-state index is 0.0559. The molecule has 2 aromatic heterocycles. The van der Waals surface area contributed by atoms with E-state index in [4.69, 9.17) is 4.98 Å². The van der Waals surface area contributed by atoms with E-state index >= 15 is 0 Å². The second-order valence-corrected chi connectivity index (χ2v) is 6.32. The number of rotatable bonds is 2. The number of carbonyl (C=O) groups is 1. The van der Waals surface area contributed by atoms with Gasteiger partial charge in [-0.3, -0.25) is 4.79 Å². The van der Waals surface area contributed by atoms with E-state index in [-0.39, 0.29) is 11.7 Å². The number of aromatic amines is 1. The maximum absolute atomic E-state index is 13.2. The predicted molar refractivity (Wildman–Crippen MR) is 94.1 cm³/mol. The molecule has 0 fully saturated rings. The van der Waals surface area contributed by atoms with Gasteiger partial charge in [-0.25, -0.2) is 19.3 Å². The molecule has 1 amide bonds. The van der Waals surface area contributed by atoms with Gasteiger partial charge in [0.15, 0.2) is 5.82 Å². The molecule has 3 aromatic rings. The molecule has 4 rings (SSSR count). The molecule has 1 aliphatic rings. The van der Waals surface area contributed by atoms with E-state index in [1.807, 2.05) is 11.8 Å². The lowest BCUT2D eigenvalue weighted by Gasteiger charge is -2.18. The van der Waals surface area contributed by atoms with Crippen molar-refractivity contribution in [3.05, 3.63) is 65.3 Å². The fourth-order valence-electron chi connectivity index (χ4n) is 3.26. The molecule has 0 saturated heterocycles. The summed E-state index contributed by atoms with van der Waals surface area (Å²) in [7, 11) is 0. The Bertz CT molecular complexity index is 937. The molecule has 1 aliphatic heterocycles. The number of aromatic nitrogens is 4. The number of imidazole rings is 1.